The molecule has 3 heterocycles. The molecule has 3 aromatic rings. The number of nitrogens with one attached hydrogen (secondary N) is 3. The van der Waals surface area contributed by atoms with E-state index < -0.39 is 23.1 Å². The second-order valence-electron chi connectivity index (χ2n) is 8.72. The van der Waals surface area contributed by atoms with E-state index in [0.29, 0.717) is 55.1 Å². The van der Waals surface area contributed by atoms with E-state index in [1.165, 1.54) is 6.20 Å². The summed E-state index contributed by atoms with van der Waals surface area (Å²) in [6.45, 7) is 0.292. The van der Waals surface area contributed by atoms with Crippen molar-refractivity contribution < 1.29 is 23.1 Å². The zero-order valence-electron chi connectivity index (χ0n) is 18.2. The molecule has 1 atom stereocenters. The predicted octanol–water partition coefficient (Wildman–Crippen LogP) is 3.79. The van der Waals surface area contributed by atoms with E-state index in [0.717, 1.165) is 12.8 Å². The van der Waals surface area contributed by atoms with Crippen molar-refractivity contribution in [3.05, 3.63) is 35.8 Å². The summed E-state index contributed by atoms with van der Waals surface area (Å²) < 4.78 is 43.7. The Morgan fingerprint density at radius 3 is 2.43 bits per heavy atom. The van der Waals surface area contributed by atoms with E-state index in [1.807, 2.05) is 0 Å². The molecule has 12 heteroatoms. The van der Waals surface area contributed by atoms with Crippen molar-refractivity contribution in [3.8, 4) is 0 Å². The molecular weight excluding hydrogens is 463 g/mol. The smallest absolute Gasteiger partial charge is 0.224 e. The van der Waals surface area contributed by atoms with Crippen molar-refractivity contribution in [2.75, 3.05) is 17.2 Å². The van der Waals surface area contributed by atoms with E-state index in [2.05, 4.69) is 30.9 Å². The highest BCUT2D eigenvalue weighted by molar-refractivity contribution is 5.78. The van der Waals surface area contributed by atoms with Gasteiger partial charge in [-0.05, 0) is 32.1 Å². The van der Waals surface area contributed by atoms with Crippen LogP contribution in [-0.2, 0) is 4.79 Å². The molecule has 0 spiro atoms. The summed E-state index contributed by atoms with van der Waals surface area (Å²) in [6, 6.07) is 1.01. The molecule has 1 saturated heterocycles. The molecule has 0 bridgehead atoms. The minimum atomic E-state index is -1.10. The molecule has 0 radical (unpaired) electrons. The number of carbonyl (C=O) groups is 1. The Kier molecular flexibility index (Phi) is 7.10. The van der Waals surface area contributed by atoms with Gasteiger partial charge >= 0.3 is 0 Å². The number of aromatic nitrogens is 4. The second kappa shape index (κ2) is 10.1. The summed E-state index contributed by atoms with van der Waals surface area (Å²) in [4.78, 5) is 25.1. The summed E-state index contributed by atoms with van der Waals surface area (Å²) in [5.41, 5.74) is 0.289. The Morgan fingerprint density at radius 1 is 1.06 bits per heavy atom. The fourth-order valence-electron chi connectivity index (χ4n) is 4.51. The Morgan fingerprint density at radius 2 is 1.77 bits per heavy atom. The summed E-state index contributed by atoms with van der Waals surface area (Å²) in [6.07, 6.45) is 4.95. The van der Waals surface area contributed by atoms with Gasteiger partial charge in [-0.3, -0.25) is 9.36 Å². The number of carbonyl (C=O) groups excluding carboxylic acids is 1. The van der Waals surface area contributed by atoms with E-state index in [4.69, 9.17) is 0 Å². The van der Waals surface area contributed by atoms with E-state index >= 15 is 0 Å². The van der Waals surface area contributed by atoms with Crippen LogP contribution in [0.2, 0.25) is 0 Å². The second-order valence-corrected chi connectivity index (χ2v) is 8.72. The van der Waals surface area contributed by atoms with Gasteiger partial charge in [-0.25, -0.2) is 23.1 Å². The minimum Gasteiger partial charge on any atom is -0.393 e. The van der Waals surface area contributed by atoms with E-state index in [-0.39, 0.29) is 43.9 Å². The fourth-order valence-corrected chi connectivity index (χ4v) is 4.51. The lowest BCUT2D eigenvalue weighted by Gasteiger charge is -2.27. The minimum absolute atomic E-state index is 0. The monoisotopic (exact) mass is 491 g/mol. The van der Waals surface area contributed by atoms with Crippen molar-refractivity contribution in [1.82, 2.24) is 24.8 Å². The van der Waals surface area contributed by atoms with Gasteiger partial charge in [0.15, 0.2) is 17.3 Å². The summed E-state index contributed by atoms with van der Waals surface area (Å²) in [7, 11) is 0. The largest absolute Gasteiger partial charge is 0.393 e. The van der Waals surface area contributed by atoms with E-state index in [1.54, 1.807) is 4.57 Å². The summed E-state index contributed by atoms with van der Waals surface area (Å²) in [5.74, 6) is -2.82. The lowest BCUT2D eigenvalue weighted by Crippen LogP contribution is -2.36. The van der Waals surface area contributed by atoms with Crippen molar-refractivity contribution in [2.24, 2.45) is 0 Å². The van der Waals surface area contributed by atoms with Gasteiger partial charge in [0.05, 0.1) is 18.3 Å². The van der Waals surface area contributed by atoms with Gasteiger partial charge in [0.1, 0.15) is 17.0 Å². The van der Waals surface area contributed by atoms with Crippen molar-refractivity contribution in [2.45, 2.75) is 64.1 Å². The zero-order chi connectivity index (χ0) is 23.8. The van der Waals surface area contributed by atoms with Gasteiger partial charge in [-0.2, -0.15) is 4.98 Å². The van der Waals surface area contributed by atoms with Crippen molar-refractivity contribution in [3.63, 3.8) is 0 Å². The molecule has 1 aromatic carbocycles. The van der Waals surface area contributed by atoms with Crippen molar-refractivity contribution in [1.29, 1.82) is 0 Å². The highest BCUT2D eigenvalue weighted by atomic mass is 19.1. The van der Waals surface area contributed by atoms with Crippen LogP contribution in [0, 0.1) is 17.5 Å². The van der Waals surface area contributed by atoms with Gasteiger partial charge < -0.3 is 21.1 Å². The number of hydrogen-bond donors (Lipinski definition) is 4. The molecule has 1 aliphatic carbocycles. The number of benzene rings is 1. The maximum Gasteiger partial charge on any atom is 0.224 e. The predicted molar refractivity (Wildman–Crippen MR) is 125 cm³/mol. The third-order valence-electron chi connectivity index (χ3n) is 6.31. The SMILES string of the molecule is C.O=C1CC[C@@H](n2c(Nc3c(F)cc(F)cc3F)nc3cnc(NC4CCC(O)CC4)nc32)CN1. The lowest BCUT2D eigenvalue weighted by atomic mass is 9.93. The molecule has 1 aliphatic heterocycles. The number of piperidine rings is 1. The lowest BCUT2D eigenvalue weighted by molar-refractivity contribution is -0.122. The number of fused-ring (bicyclic) bond motifs is 1. The molecule has 2 aliphatic rings. The van der Waals surface area contributed by atoms with Gasteiger partial charge in [-0.1, -0.05) is 7.43 Å². The summed E-state index contributed by atoms with van der Waals surface area (Å²) >= 11 is 0. The number of imidazole rings is 1. The van der Waals surface area contributed by atoms with Crippen LogP contribution in [0.3, 0.4) is 0 Å². The van der Waals surface area contributed by atoms with Crippen LogP contribution in [-0.4, -0.2) is 49.2 Å². The van der Waals surface area contributed by atoms with Crippen LogP contribution in [0.1, 0.15) is 52.0 Å². The van der Waals surface area contributed by atoms with Gasteiger partial charge in [0.2, 0.25) is 17.8 Å². The van der Waals surface area contributed by atoms with Crippen LogP contribution in [0.4, 0.5) is 30.8 Å². The first-order chi connectivity index (χ1) is 16.4. The Labute approximate surface area is 200 Å². The maximum atomic E-state index is 14.3. The highest BCUT2D eigenvalue weighted by Gasteiger charge is 2.27. The number of anilines is 3. The quantitative estimate of drug-likeness (QED) is 0.429. The number of halogens is 3. The van der Waals surface area contributed by atoms with E-state index in [9.17, 15) is 23.1 Å². The Hall–Kier alpha value is -3.41. The fraction of sp³-hybridized carbons (Fsp3) is 0.478. The number of amides is 1. The topological polar surface area (TPSA) is 117 Å². The number of aliphatic hydroxyl groups excluding tert-OH is 1. The van der Waals surface area contributed by atoms with Crippen LogP contribution in [0.15, 0.2) is 18.3 Å². The van der Waals surface area contributed by atoms with Crippen molar-refractivity contribution >= 4 is 34.7 Å². The number of aliphatic hydroxyl groups is 1. The molecular formula is C23H28F3N7O2. The molecule has 2 aromatic heterocycles. The third-order valence-corrected chi connectivity index (χ3v) is 6.31. The summed E-state index contributed by atoms with van der Waals surface area (Å²) in [5, 5.41) is 18.5. The number of hydrogen-bond acceptors (Lipinski definition) is 7. The molecule has 9 nitrogen and oxygen atoms in total. The van der Waals surface area contributed by atoms with Gasteiger partial charge in [-0.15, -0.1) is 0 Å². The molecule has 0 unspecified atom stereocenters. The zero-order valence-corrected chi connectivity index (χ0v) is 18.2. The molecule has 5 rings (SSSR count). The van der Waals surface area contributed by atoms with Crippen LogP contribution >= 0.6 is 0 Å². The van der Waals surface area contributed by atoms with Gasteiger partial charge in [0.25, 0.3) is 0 Å². The Bertz CT molecular complexity index is 1190. The third kappa shape index (κ3) is 5.16. The number of rotatable bonds is 5. The highest BCUT2D eigenvalue weighted by Crippen LogP contribution is 2.32. The molecule has 188 valence electrons. The molecule has 1 saturated carbocycles. The van der Waals surface area contributed by atoms with Gasteiger partial charge in [0, 0.05) is 31.1 Å². The first kappa shape index (κ1) is 24.7. The molecule has 1 amide bonds. The molecule has 2 fully saturated rings. The van der Waals surface area contributed by atoms with Crippen LogP contribution in [0.5, 0.6) is 0 Å². The maximum absolute atomic E-state index is 14.3. The first-order valence-electron chi connectivity index (χ1n) is 11.2. The molecule has 35 heavy (non-hydrogen) atoms. The number of nitrogens with zero attached hydrogens (tertiary/aromatic N) is 4. The standard InChI is InChI=1S/C22H24F3N7O2.CH4/c23-11-7-15(24)19(16(25)8-11)30-22-29-17-10-27-21(28-12-1-4-14(33)5-2-12)31-20(17)32(22)13-3-6-18(34)26-9-13;/h7-8,10,12-14,33H,1-6,9H2,(H,26,34)(H,29,30)(H,27,28,31);1H4/t12?,13-,14?;/m1./s1. The van der Waals surface area contributed by atoms with Crippen LogP contribution < -0.4 is 16.0 Å². The normalized spacial score (nSPS) is 22.4. The average Bonchev–Trinajstić information content (AvgIpc) is 3.16. The first-order valence-corrected chi connectivity index (χ1v) is 11.2. The average molecular weight is 492 g/mol. The molecule has 4 N–H and O–H groups in total. The Balaban J connectivity index is 0.00000289. The van der Waals surface area contributed by atoms with Crippen LogP contribution in [0.25, 0.3) is 11.2 Å².